The fraction of sp³-hybridized carbons (Fsp3) is 0.286. The summed E-state index contributed by atoms with van der Waals surface area (Å²) in [7, 11) is 3.79. The van der Waals surface area contributed by atoms with Crippen LogP contribution in [0.4, 0.5) is 5.82 Å². The first-order valence-electron chi connectivity index (χ1n) is 9.25. The Balaban J connectivity index is 1.93. The summed E-state index contributed by atoms with van der Waals surface area (Å²) in [6, 6.07) is 10.4. The summed E-state index contributed by atoms with van der Waals surface area (Å²) in [5.41, 5.74) is 11.2. The molecule has 148 valence electrons. The van der Waals surface area contributed by atoms with Crippen molar-refractivity contribution in [2.45, 2.75) is 31.4 Å². The second-order valence-electron chi connectivity index (χ2n) is 7.19. The van der Waals surface area contributed by atoms with Gasteiger partial charge < -0.3 is 10.5 Å². The molecule has 3 aromatic rings. The van der Waals surface area contributed by atoms with Gasteiger partial charge in [-0.3, -0.25) is 4.68 Å². The zero-order valence-electron chi connectivity index (χ0n) is 16.8. The zero-order chi connectivity index (χ0) is 20.7. The molecule has 4 rings (SSSR count). The maximum atomic E-state index is 9.70. The van der Waals surface area contributed by atoms with Crippen LogP contribution < -0.4 is 10.5 Å². The van der Waals surface area contributed by atoms with Gasteiger partial charge in [0.15, 0.2) is 11.6 Å². The van der Waals surface area contributed by atoms with Crippen LogP contribution in [-0.4, -0.2) is 26.1 Å². The second-order valence-corrected chi connectivity index (χ2v) is 8.44. The van der Waals surface area contributed by atoms with Gasteiger partial charge >= 0.3 is 0 Å². The number of aromatic nitrogens is 3. The lowest BCUT2D eigenvalue weighted by Crippen LogP contribution is -2.13. The van der Waals surface area contributed by atoms with E-state index in [1.807, 2.05) is 20.0 Å². The van der Waals surface area contributed by atoms with E-state index in [9.17, 15) is 5.26 Å². The first kappa shape index (κ1) is 19.3. The van der Waals surface area contributed by atoms with Crippen LogP contribution in [0.1, 0.15) is 35.5 Å². The summed E-state index contributed by atoms with van der Waals surface area (Å²) in [5, 5.41) is 14.3. The normalized spacial score (nSPS) is 16.6. The number of nitrogens with two attached hydrogens (primary N) is 1. The van der Waals surface area contributed by atoms with Crippen molar-refractivity contribution >= 4 is 17.8 Å². The van der Waals surface area contributed by atoms with Crippen molar-refractivity contribution < 1.29 is 4.74 Å². The standard InChI is InChI=1S/C21H22N6OS/c1-12-5-6-19-15(7-12)13(2)28-18-8-14(10-24-21(18)23)20-16(11-26(3)29-19)25-27(4)17(20)9-22/h5-8,10,13H,11H2,1-4H3,(H2,23,24)/t13-/m1/s1. The monoisotopic (exact) mass is 406 g/mol. The van der Waals surface area contributed by atoms with Gasteiger partial charge in [-0.05, 0) is 45.0 Å². The highest BCUT2D eigenvalue weighted by molar-refractivity contribution is 7.97. The molecular formula is C21H22N6OS. The van der Waals surface area contributed by atoms with Crippen molar-refractivity contribution in [2.75, 3.05) is 12.8 Å². The zero-order valence-corrected chi connectivity index (χ0v) is 17.6. The average Bonchev–Trinajstić information content (AvgIpc) is 2.98. The fourth-order valence-corrected chi connectivity index (χ4v) is 4.52. The third-order valence-corrected chi connectivity index (χ3v) is 5.94. The predicted octanol–water partition coefficient (Wildman–Crippen LogP) is 3.84. The van der Waals surface area contributed by atoms with Crippen LogP contribution in [0.3, 0.4) is 0 Å². The van der Waals surface area contributed by atoms with Crippen LogP contribution in [-0.2, 0) is 13.6 Å². The van der Waals surface area contributed by atoms with E-state index in [0.717, 1.165) is 27.3 Å². The van der Waals surface area contributed by atoms with Gasteiger partial charge in [-0.1, -0.05) is 17.7 Å². The Kier molecular flexibility index (Phi) is 4.94. The molecule has 0 amide bonds. The van der Waals surface area contributed by atoms with Gasteiger partial charge in [0.05, 0.1) is 12.2 Å². The molecule has 2 bridgehead atoms. The van der Waals surface area contributed by atoms with Crippen LogP contribution in [0.2, 0.25) is 0 Å². The van der Waals surface area contributed by atoms with Crippen molar-refractivity contribution in [3.8, 4) is 22.9 Å². The van der Waals surface area contributed by atoms with Crippen LogP contribution >= 0.6 is 11.9 Å². The van der Waals surface area contributed by atoms with Crippen molar-refractivity contribution in [1.29, 1.82) is 5.26 Å². The maximum Gasteiger partial charge on any atom is 0.166 e. The number of aryl methyl sites for hydroxylation is 2. The Bertz CT molecular complexity index is 1130. The number of benzene rings is 1. The minimum atomic E-state index is -0.214. The SMILES string of the molecule is Cc1ccc2c(c1)[C@@H](C)Oc1cc(cnc1N)-c1c(nn(C)c1C#N)CN(C)S2. The van der Waals surface area contributed by atoms with Gasteiger partial charge in [0.25, 0.3) is 0 Å². The summed E-state index contributed by atoms with van der Waals surface area (Å²) < 4.78 is 9.96. The van der Waals surface area contributed by atoms with E-state index in [2.05, 4.69) is 45.6 Å². The van der Waals surface area contributed by atoms with Crippen LogP contribution in [0, 0.1) is 18.3 Å². The molecule has 1 aromatic carbocycles. The molecule has 0 unspecified atom stereocenters. The molecule has 0 aliphatic carbocycles. The van der Waals surface area contributed by atoms with Gasteiger partial charge in [0.1, 0.15) is 17.9 Å². The second kappa shape index (κ2) is 7.43. The lowest BCUT2D eigenvalue weighted by Gasteiger charge is -2.23. The number of pyridine rings is 1. The summed E-state index contributed by atoms with van der Waals surface area (Å²) >= 11 is 1.63. The lowest BCUT2D eigenvalue weighted by atomic mass is 10.0. The number of rotatable bonds is 0. The van der Waals surface area contributed by atoms with Crippen LogP contribution in [0.5, 0.6) is 5.75 Å². The summed E-state index contributed by atoms with van der Waals surface area (Å²) in [5.74, 6) is 0.820. The Labute approximate surface area is 174 Å². The Morgan fingerprint density at radius 2 is 2.10 bits per heavy atom. The Morgan fingerprint density at radius 1 is 1.31 bits per heavy atom. The first-order chi connectivity index (χ1) is 13.9. The molecule has 7 nitrogen and oxygen atoms in total. The lowest BCUT2D eigenvalue weighted by molar-refractivity contribution is 0.224. The maximum absolute atomic E-state index is 9.70. The number of nitriles is 1. The molecule has 0 spiro atoms. The molecule has 0 radical (unpaired) electrons. The van der Waals surface area contributed by atoms with Crippen molar-refractivity contribution in [3.05, 3.63) is 53.0 Å². The van der Waals surface area contributed by atoms with E-state index in [4.69, 9.17) is 10.5 Å². The van der Waals surface area contributed by atoms with E-state index in [0.29, 0.717) is 23.8 Å². The average molecular weight is 407 g/mol. The smallest absolute Gasteiger partial charge is 0.166 e. The summed E-state index contributed by atoms with van der Waals surface area (Å²) in [6.07, 6.45) is 1.46. The van der Waals surface area contributed by atoms with E-state index in [1.165, 1.54) is 5.56 Å². The molecule has 0 fully saturated rings. The van der Waals surface area contributed by atoms with Gasteiger partial charge in [-0.15, -0.1) is 0 Å². The molecule has 1 atom stereocenters. The van der Waals surface area contributed by atoms with Crippen molar-refractivity contribution in [2.24, 2.45) is 7.05 Å². The third kappa shape index (κ3) is 3.55. The molecule has 3 heterocycles. The fourth-order valence-electron chi connectivity index (χ4n) is 3.54. The molecule has 0 saturated heterocycles. The van der Waals surface area contributed by atoms with Crippen LogP contribution in [0.15, 0.2) is 35.4 Å². The molecule has 1 aliphatic rings. The van der Waals surface area contributed by atoms with E-state index in [-0.39, 0.29) is 6.10 Å². The third-order valence-electron chi connectivity index (χ3n) is 4.93. The van der Waals surface area contributed by atoms with Crippen molar-refractivity contribution in [1.82, 2.24) is 19.1 Å². The molecule has 2 N–H and O–H groups in total. The van der Waals surface area contributed by atoms with Gasteiger partial charge in [0, 0.05) is 34.8 Å². The first-order valence-corrected chi connectivity index (χ1v) is 10.0. The number of hydrogen-bond acceptors (Lipinski definition) is 7. The van der Waals surface area contributed by atoms with Gasteiger partial charge in [-0.2, -0.15) is 10.4 Å². The van der Waals surface area contributed by atoms with Crippen LogP contribution in [0.25, 0.3) is 11.1 Å². The highest BCUT2D eigenvalue weighted by Gasteiger charge is 2.24. The van der Waals surface area contributed by atoms with Gasteiger partial charge in [-0.25, -0.2) is 9.29 Å². The number of nitrogens with zero attached hydrogens (tertiary/aromatic N) is 5. The number of anilines is 1. The number of fused-ring (bicyclic) bond motifs is 5. The summed E-state index contributed by atoms with van der Waals surface area (Å²) in [6.45, 7) is 4.64. The highest BCUT2D eigenvalue weighted by atomic mass is 32.2. The number of nitrogen functional groups attached to an aromatic ring is 1. The van der Waals surface area contributed by atoms with Gasteiger partial charge in [0.2, 0.25) is 0 Å². The Hall–Kier alpha value is -3.02. The van der Waals surface area contributed by atoms with E-state index in [1.54, 1.807) is 29.9 Å². The molecule has 8 heteroatoms. The van der Waals surface area contributed by atoms with Crippen molar-refractivity contribution in [3.63, 3.8) is 0 Å². The minimum Gasteiger partial charge on any atom is -0.482 e. The molecular weight excluding hydrogens is 384 g/mol. The molecule has 1 aliphatic heterocycles. The largest absolute Gasteiger partial charge is 0.482 e. The topological polar surface area (TPSA) is 93.0 Å². The Morgan fingerprint density at radius 3 is 2.86 bits per heavy atom. The minimum absolute atomic E-state index is 0.214. The quantitative estimate of drug-likeness (QED) is 0.567. The molecule has 0 saturated carbocycles. The molecule has 29 heavy (non-hydrogen) atoms. The van der Waals surface area contributed by atoms with E-state index < -0.39 is 0 Å². The summed E-state index contributed by atoms with van der Waals surface area (Å²) in [4.78, 5) is 5.43. The number of ether oxygens (including phenoxy) is 1. The van der Waals surface area contributed by atoms with E-state index >= 15 is 0 Å². The number of hydrogen-bond donors (Lipinski definition) is 1. The predicted molar refractivity (Wildman–Crippen MR) is 113 cm³/mol. The highest BCUT2D eigenvalue weighted by Crippen LogP contribution is 2.38. The molecule has 2 aromatic heterocycles.